The molecule has 3 unspecified atom stereocenters. The molecule has 3 atom stereocenters. The number of rotatable bonds is 3. The predicted molar refractivity (Wildman–Crippen MR) is 93.5 cm³/mol. The van der Waals surface area contributed by atoms with E-state index in [1.54, 1.807) is 0 Å². The third kappa shape index (κ3) is 7.44. The van der Waals surface area contributed by atoms with Gasteiger partial charge < -0.3 is 9.84 Å². The van der Waals surface area contributed by atoms with Crippen LogP contribution in [0.25, 0.3) is 0 Å². The van der Waals surface area contributed by atoms with Gasteiger partial charge in [0.1, 0.15) is 5.60 Å². The number of ether oxygens (including phenoxy) is 1. The van der Waals surface area contributed by atoms with Crippen LogP contribution in [0, 0.1) is 17.8 Å². The second kappa shape index (κ2) is 9.67. The Morgan fingerprint density at radius 2 is 1.54 bits per heavy atom. The van der Waals surface area contributed by atoms with E-state index in [4.69, 9.17) is 4.74 Å². The van der Waals surface area contributed by atoms with Crippen LogP contribution in [0.2, 0.25) is 0 Å². The van der Waals surface area contributed by atoms with Crippen LogP contribution in [0.15, 0.2) is 0 Å². The lowest BCUT2D eigenvalue weighted by atomic mass is 9.68. The van der Waals surface area contributed by atoms with Gasteiger partial charge in [-0.05, 0) is 45.4 Å². The highest BCUT2D eigenvalue weighted by atomic mass is 19.4. The maximum Gasteiger partial charge on any atom is 0.426 e. The highest BCUT2D eigenvalue weighted by molar-refractivity contribution is 5.66. The van der Waals surface area contributed by atoms with E-state index in [0.29, 0.717) is 12.8 Å². The number of hydrogen-bond donors (Lipinski definition) is 1. The minimum Gasteiger partial charge on any atom is -0.460 e. The van der Waals surface area contributed by atoms with Crippen LogP contribution in [0.1, 0.15) is 73.6 Å². The zero-order valence-electron chi connectivity index (χ0n) is 17.3. The third-order valence-electron chi connectivity index (χ3n) is 5.07. The Kier molecular flexibility index (Phi) is 9.33. The molecule has 1 fully saturated rings. The quantitative estimate of drug-likeness (QED) is 0.445. The lowest BCUT2D eigenvalue weighted by Crippen LogP contribution is -2.62. The smallest absolute Gasteiger partial charge is 0.426 e. The number of aliphatic hydroxyl groups is 1. The molecule has 0 aromatic rings. The first-order valence-electron chi connectivity index (χ1n) is 9.42. The number of hydrogen-bond acceptors (Lipinski definition) is 3. The molecule has 0 radical (unpaired) electrons. The molecule has 0 saturated heterocycles. The molecule has 28 heavy (non-hydrogen) atoms. The molecule has 0 bridgehead atoms. The first-order valence-corrected chi connectivity index (χ1v) is 9.42. The summed E-state index contributed by atoms with van der Waals surface area (Å²) < 4.78 is 81.7. The Bertz CT molecular complexity index is 479. The number of alkyl halides is 6. The molecule has 1 aliphatic rings. The summed E-state index contributed by atoms with van der Waals surface area (Å²) in [5.74, 6) is -2.17. The zero-order chi connectivity index (χ0) is 22.6. The van der Waals surface area contributed by atoms with Gasteiger partial charge in [0.2, 0.25) is 0 Å². The molecule has 0 aromatic heterocycles. The Morgan fingerprint density at radius 3 is 1.82 bits per heavy atom. The van der Waals surface area contributed by atoms with Crippen LogP contribution in [0.3, 0.4) is 0 Å². The molecule has 0 aromatic carbocycles. The SMILES string of the molecule is CC(=O)OC(C)(C)C.CCC(C)C1CCCC(C(O)(C(F)(F)F)C(F)(F)F)C1. The van der Waals surface area contributed by atoms with Crippen LogP contribution in [0.4, 0.5) is 26.3 Å². The molecule has 0 spiro atoms. The van der Waals surface area contributed by atoms with E-state index in [1.165, 1.54) is 6.92 Å². The zero-order valence-corrected chi connectivity index (χ0v) is 17.3. The minimum absolute atomic E-state index is 0.0588. The van der Waals surface area contributed by atoms with E-state index in [-0.39, 0.29) is 42.7 Å². The van der Waals surface area contributed by atoms with Crippen LogP contribution < -0.4 is 0 Å². The lowest BCUT2D eigenvalue weighted by molar-refractivity contribution is -0.388. The summed E-state index contributed by atoms with van der Waals surface area (Å²) in [5, 5.41) is 9.43. The van der Waals surface area contributed by atoms with Crippen molar-refractivity contribution in [1.29, 1.82) is 0 Å². The van der Waals surface area contributed by atoms with Gasteiger partial charge in [0, 0.05) is 12.8 Å². The summed E-state index contributed by atoms with van der Waals surface area (Å²) >= 11 is 0. The van der Waals surface area contributed by atoms with Crippen LogP contribution >= 0.6 is 0 Å². The van der Waals surface area contributed by atoms with E-state index >= 15 is 0 Å². The van der Waals surface area contributed by atoms with Crippen molar-refractivity contribution in [2.45, 2.75) is 97.2 Å². The first kappa shape index (κ1) is 27.0. The van der Waals surface area contributed by atoms with Gasteiger partial charge >= 0.3 is 18.3 Å². The fourth-order valence-corrected chi connectivity index (χ4v) is 3.51. The fraction of sp³-hybridized carbons (Fsp3) is 0.947. The molecule has 0 heterocycles. The van der Waals surface area contributed by atoms with Gasteiger partial charge in [0.25, 0.3) is 5.60 Å². The van der Waals surface area contributed by atoms with E-state index in [9.17, 15) is 36.2 Å². The molecule has 9 heteroatoms. The summed E-state index contributed by atoms with van der Waals surface area (Å²) in [7, 11) is 0. The number of halogens is 6. The van der Waals surface area contributed by atoms with Crippen molar-refractivity contribution in [3.8, 4) is 0 Å². The summed E-state index contributed by atoms with van der Waals surface area (Å²) in [5.41, 5.74) is -4.92. The summed E-state index contributed by atoms with van der Waals surface area (Å²) in [6.45, 7) is 10.6. The topological polar surface area (TPSA) is 46.5 Å². The van der Waals surface area contributed by atoms with E-state index < -0.39 is 23.9 Å². The Morgan fingerprint density at radius 1 is 1.07 bits per heavy atom. The first-order chi connectivity index (χ1) is 12.4. The van der Waals surface area contributed by atoms with Gasteiger partial charge in [0.15, 0.2) is 0 Å². The summed E-state index contributed by atoms with van der Waals surface area (Å²) in [6, 6.07) is 0. The Balaban J connectivity index is 0.000000769. The normalized spacial score (nSPS) is 22.8. The van der Waals surface area contributed by atoms with Crippen molar-refractivity contribution in [3.05, 3.63) is 0 Å². The van der Waals surface area contributed by atoms with Gasteiger partial charge in [0.05, 0.1) is 0 Å². The number of carbonyl (C=O) groups excluding carboxylic acids is 1. The van der Waals surface area contributed by atoms with Crippen molar-refractivity contribution in [2.75, 3.05) is 0 Å². The van der Waals surface area contributed by atoms with Crippen LogP contribution in [-0.4, -0.2) is 34.6 Å². The third-order valence-corrected chi connectivity index (χ3v) is 5.07. The second-order valence-electron chi connectivity index (χ2n) is 8.48. The summed E-state index contributed by atoms with van der Waals surface area (Å²) in [6.07, 6.45) is -10.3. The van der Waals surface area contributed by atoms with E-state index in [2.05, 4.69) is 0 Å². The van der Waals surface area contributed by atoms with Crippen molar-refractivity contribution >= 4 is 5.97 Å². The largest absolute Gasteiger partial charge is 0.460 e. The van der Waals surface area contributed by atoms with Crippen molar-refractivity contribution in [2.24, 2.45) is 17.8 Å². The van der Waals surface area contributed by atoms with E-state index in [0.717, 1.165) is 0 Å². The average molecular weight is 422 g/mol. The van der Waals surface area contributed by atoms with Crippen molar-refractivity contribution < 1.29 is 41.0 Å². The minimum atomic E-state index is -5.70. The number of esters is 1. The molecule has 3 nitrogen and oxygen atoms in total. The maximum atomic E-state index is 12.8. The Hall–Kier alpha value is -0.990. The molecule has 0 amide bonds. The standard InChI is InChI=1S/C13H20F6O.C6H12O2/c1-3-8(2)9-5-4-6-10(7-9)11(20,12(14,15)16)13(17,18)19;1-5(7)8-6(2,3)4/h8-10,20H,3-7H2,1-2H3;1-4H3. The molecule has 0 aliphatic heterocycles. The van der Waals surface area contributed by atoms with Crippen LogP contribution in [0.5, 0.6) is 0 Å². The Labute approximate surface area is 162 Å². The molecule has 1 N–H and O–H groups in total. The molecule has 1 aliphatic carbocycles. The molecular weight excluding hydrogens is 390 g/mol. The van der Waals surface area contributed by atoms with Crippen molar-refractivity contribution in [3.63, 3.8) is 0 Å². The highest BCUT2D eigenvalue weighted by Gasteiger charge is 2.73. The molecule has 1 rings (SSSR count). The molecule has 1 saturated carbocycles. The fourth-order valence-electron chi connectivity index (χ4n) is 3.51. The summed E-state index contributed by atoms with van der Waals surface area (Å²) in [4.78, 5) is 10.2. The second-order valence-corrected chi connectivity index (χ2v) is 8.48. The monoisotopic (exact) mass is 422 g/mol. The van der Waals surface area contributed by atoms with Gasteiger partial charge in [-0.1, -0.05) is 33.1 Å². The van der Waals surface area contributed by atoms with Gasteiger partial charge in [-0.2, -0.15) is 26.3 Å². The predicted octanol–water partition coefficient (Wildman–Crippen LogP) is 6.04. The molecule has 168 valence electrons. The highest BCUT2D eigenvalue weighted by Crippen LogP contribution is 2.53. The van der Waals surface area contributed by atoms with E-state index in [1.807, 2.05) is 34.6 Å². The van der Waals surface area contributed by atoms with Gasteiger partial charge in [-0.25, -0.2) is 0 Å². The van der Waals surface area contributed by atoms with Gasteiger partial charge in [-0.15, -0.1) is 0 Å². The van der Waals surface area contributed by atoms with Gasteiger partial charge in [-0.3, -0.25) is 4.79 Å². The van der Waals surface area contributed by atoms with Crippen molar-refractivity contribution in [1.82, 2.24) is 0 Å². The number of carbonyl (C=O) groups is 1. The maximum absolute atomic E-state index is 12.8. The lowest BCUT2D eigenvalue weighted by Gasteiger charge is -2.43. The van der Waals surface area contributed by atoms with Crippen LogP contribution in [-0.2, 0) is 9.53 Å². The molecular formula is C19H32F6O3. The average Bonchev–Trinajstić information content (AvgIpc) is 2.49.